The van der Waals surface area contributed by atoms with E-state index in [0.717, 1.165) is 0 Å². The van der Waals surface area contributed by atoms with Gasteiger partial charge in [0.25, 0.3) is 11.8 Å². The number of imide groups is 1. The highest BCUT2D eigenvalue weighted by atomic mass is 16.5. The van der Waals surface area contributed by atoms with Crippen molar-refractivity contribution in [2.75, 3.05) is 13.6 Å². The molecule has 2 rings (SSSR count). The Bertz CT molecular complexity index is 789. The molecule has 9 heteroatoms. The number of benzene rings is 1. The number of ether oxygens (including phenoxy) is 1. The first-order valence-electron chi connectivity index (χ1n) is 8.10. The van der Waals surface area contributed by atoms with Crippen LogP contribution in [0.1, 0.15) is 28.6 Å². The highest BCUT2D eigenvalue weighted by Gasteiger charge is 2.26. The fourth-order valence-electron chi connectivity index (χ4n) is 2.10. The van der Waals surface area contributed by atoms with Crippen LogP contribution in [0.25, 0.3) is 0 Å². The minimum Gasteiger partial charge on any atom is -0.459 e. The van der Waals surface area contributed by atoms with E-state index in [4.69, 9.17) is 9.15 Å². The van der Waals surface area contributed by atoms with Gasteiger partial charge in [0.1, 0.15) is 0 Å². The molecule has 0 spiro atoms. The molecule has 142 valence electrons. The summed E-state index contributed by atoms with van der Waals surface area (Å²) >= 11 is 0. The molecule has 1 aromatic heterocycles. The van der Waals surface area contributed by atoms with Crippen LogP contribution in [-0.4, -0.2) is 37.4 Å². The van der Waals surface area contributed by atoms with Gasteiger partial charge in [0.15, 0.2) is 5.76 Å². The summed E-state index contributed by atoms with van der Waals surface area (Å²) in [6.45, 7) is -0.00303. The fraction of sp³-hybridized carbons (Fsp3) is 0.222. The number of urea groups is 1. The monoisotopic (exact) mass is 373 g/mol. The van der Waals surface area contributed by atoms with Crippen LogP contribution < -0.4 is 16.0 Å². The van der Waals surface area contributed by atoms with E-state index in [1.807, 2.05) is 0 Å². The molecular formula is C18H19N3O6. The maximum absolute atomic E-state index is 12.3. The zero-order valence-corrected chi connectivity index (χ0v) is 14.6. The Labute approximate surface area is 155 Å². The molecule has 1 atom stereocenters. The van der Waals surface area contributed by atoms with E-state index >= 15 is 0 Å². The van der Waals surface area contributed by atoms with Gasteiger partial charge in [-0.15, -0.1) is 0 Å². The average Bonchev–Trinajstić information content (AvgIpc) is 3.21. The smallest absolute Gasteiger partial charge is 0.321 e. The van der Waals surface area contributed by atoms with E-state index < -0.39 is 29.9 Å². The largest absolute Gasteiger partial charge is 0.459 e. The van der Waals surface area contributed by atoms with Crippen molar-refractivity contribution >= 4 is 23.8 Å². The lowest BCUT2D eigenvalue weighted by atomic mass is 10.1. The Kier molecular flexibility index (Phi) is 7.12. The number of hydrogen-bond acceptors (Lipinski definition) is 6. The number of rotatable bonds is 7. The molecule has 2 aromatic rings. The molecule has 0 fully saturated rings. The van der Waals surface area contributed by atoms with Gasteiger partial charge in [-0.1, -0.05) is 30.3 Å². The first-order chi connectivity index (χ1) is 13.0. The van der Waals surface area contributed by atoms with Crippen molar-refractivity contribution in [1.82, 2.24) is 16.0 Å². The van der Waals surface area contributed by atoms with Gasteiger partial charge in [-0.25, -0.2) is 4.79 Å². The van der Waals surface area contributed by atoms with Crippen molar-refractivity contribution in [3.8, 4) is 0 Å². The number of furan rings is 1. The Hall–Kier alpha value is -3.62. The minimum absolute atomic E-state index is 0.00303. The fourth-order valence-corrected chi connectivity index (χ4v) is 2.10. The van der Waals surface area contributed by atoms with E-state index in [1.54, 1.807) is 36.4 Å². The number of carbonyl (C=O) groups excluding carboxylic acids is 4. The summed E-state index contributed by atoms with van der Waals surface area (Å²) in [6, 6.07) is 10.6. The van der Waals surface area contributed by atoms with E-state index in [-0.39, 0.29) is 18.7 Å². The third-order valence-corrected chi connectivity index (χ3v) is 3.41. The van der Waals surface area contributed by atoms with Crippen LogP contribution in [0.3, 0.4) is 0 Å². The lowest BCUT2D eigenvalue weighted by Crippen LogP contribution is -2.41. The van der Waals surface area contributed by atoms with E-state index in [9.17, 15) is 19.2 Å². The summed E-state index contributed by atoms with van der Waals surface area (Å²) in [4.78, 5) is 47.4. The molecule has 1 aromatic carbocycles. The number of esters is 1. The summed E-state index contributed by atoms with van der Waals surface area (Å²) in [5.41, 5.74) is 0.409. The predicted molar refractivity (Wildman–Crippen MR) is 93.5 cm³/mol. The second kappa shape index (κ2) is 9.76. The van der Waals surface area contributed by atoms with Gasteiger partial charge < -0.3 is 19.8 Å². The van der Waals surface area contributed by atoms with Crippen LogP contribution in [0.5, 0.6) is 0 Å². The van der Waals surface area contributed by atoms with Gasteiger partial charge in [0.2, 0.25) is 6.10 Å². The standard InChI is InChI=1S/C18H19N3O6/c1-19-18(25)21-17(24)15(12-6-3-2-4-7-12)27-14(22)9-10-20-16(23)13-8-5-11-26-13/h2-8,11,15H,9-10H2,1H3,(H,20,23)(H2,19,21,24,25)/t15-/m0/s1. The molecule has 0 saturated heterocycles. The van der Waals surface area contributed by atoms with Crippen molar-refractivity contribution in [1.29, 1.82) is 0 Å². The van der Waals surface area contributed by atoms with Crippen molar-refractivity contribution in [2.45, 2.75) is 12.5 Å². The normalized spacial score (nSPS) is 11.1. The Morgan fingerprint density at radius 3 is 2.44 bits per heavy atom. The van der Waals surface area contributed by atoms with Gasteiger partial charge in [-0.2, -0.15) is 0 Å². The first-order valence-corrected chi connectivity index (χ1v) is 8.10. The van der Waals surface area contributed by atoms with E-state index in [2.05, 4.69) is 16.0 Å². The maximum atomic E-state index is 12.3. The summed E-state index contributed by atoms with van der Waals surface area (Å²) in [5.74, 6) is -1.84. The van der Waals surface area contributed by atoms with E-state index in [1.165, 1.54) is 19.4 Å². The van der Waals surface area contributed by atoms with Crippen LogP contribution in [0.15, 0.2) is 53.1 Å². The van der Waals surface area contributed by atoms with Gasteiger partial charge in [-0.05, 0) is 12.1 Å². The third kappa shape index (κ3) is 5.99. The molecule has 3 N–H and O–H groups in total. The van der Waals surface area contributed by atoms with Gasteiger partial charge in [0.05, 0.1) is 12.7 Å². The molecule has 0 aliphatic carbocycles. The number of hydrogen-bond donors (Lipinski definition) is 3. The lowest BCUT2D eigenvalue weighted by molar-refractivity contribution is -0.156. The minimum atomic E-state index is -1.29. The van der Waals surface area contributed by atoms with Crippen molar-refractivity contribution in [3.05, 3.63) is 60.1 Å². The summed E-state index contributed by atoms with van der Waals surface area (Å²) in [7, 11) is 1.36. The molecule has 0 aliphatic heterocycles. The van der Waals surface area contributed by atoms with E-state index in [0.29, 0.717) is 5.56 Å². The molecule has 0 bridgehead atoms. The Balaban J connectivity index is 1.93. The van der Waals surface area contributed by atoms with Crippen LogP contribution in [0, 0.1) is 0 Å². The SMILES string of the molecule is CNC(=O)NC(=O)[C@@H](OC(=O)CCNC(=O)c1ccco1)c1ccccc1. The molecule has 9 nitrogen and oxygen atoms in total. The van der Waals surface area contributed by atoms with Crippen molar-refractivity contribution in [3.63, 3.8) is 0 Å². The Morgan fingerprint density at radius 1 is 1.07 bits per heavy atom. The third-order valence-electron chi connectivity index (χ3n) is 3.41. The van der Waals surface area contributed by atoms with Crippen LogP contribution in [0.2, 0.25) is 0 Å². The Morgan fingerprint density at radius 2 is 1.81 bits per heavy atom. The molecule has 27 heavy (non-hydrogen) atoms. The van der Waals surface area contributed by atoms with Crippen LogP contribution in [0.4, 0.5) is 4.79 Å². The molecule has 0 aliphatic rings. The molecule has 0 saturated carbocycles. The van der Waals surface area contributed by atoms with Crippen LogP contribution in [-0.2, 0) is 14.3 Å². The zero-order chi connectivity index (χ0) is 19.6. The second-order valence-electron chi connectivity index (χ2n) is 5.33. The highest BCUT2D eigenvalue weighted by molar-refractivity contribution is 5.97. The van der Waals surface area contributed by atoms with Gasteiger partial charge >= 0.3 is 12.0 Å². The maximum Gasteiger partial charge on any atom is 0.321 e. The molecule has 0 radical (unpaired) electrons. The lowest BCUT2D eigenvalue weighted by Gasteiger charge is -2.17. The van der Waals surface area contributed by atoms with Gasteiger partial charge in [-0.3, -0.25) is 19.7 Å². The van der Waals surface area contributed by atoms with Crippen molar-refractivity contribution in [2.24, 2.45) is 0 Å². The molecule has 0 unspecified atom stereocenters. The zero-order valence-electron chi connectivity index (χ0n) is 14.6. The van der Waals surface area contributed by atoms with Gasteiger partial charge in [0, 0.05) is 19.2 Å². The molecule has 1 heterocycles. The predicted octanol–water partition coefficient (Wildman–Crippen LogP) is 1.14. The summed E-state index contributed by atoms with van der Waals surface area (Å²) < 4.78 is 10.1. The number of nitrogens with one attached hydrogen (secondary N) is 3. The summed E-state index contributed by atoms with van der Waals surface area (Å²) in [5, 5.41) is 6.83. The number of carbonyl (C=O) groups is 4. The summed E-state index contributed by atoms with van der Waals surface area (Å²) in [6.07, 6.45) is -0.0985. The van der Waals surface area contributed by atoms with Crippen molar-refractivity contribution < 1.29 is 28.3 Å². The second-order valence-corrected chi connectivity index (χ2v) is 5.33. The topological polar surface area (TPSA) is 127 Å². The first kappa shape index (κ1) is 19.7. The molecular weight excluding hydrogens is 354 g/mol. The molecule has 4 amide bonds. The average molecular weight is 373 g/mol. The van der Waals surface area contributed by atoms with Crippen LogP contribution >= 0.6 is 0 Å². The number of amides is 4. The highest BCUT2D eigenvalue weighted by Crippen LogP contribution is 2.18. The quantitative estimate of drug-likeness (QED) is 0.625.